The predicted octanol–water partition coefficient (Wildman–Crippen LogP) is 4.47. The van der Waals surface area contributed by atoms with Crippen LogP contribution >= 0.6 is 11.3 Å². The lowest BCUT2D eigenvalue weighted by Gasteiger charge is -2.06. The summed E-state index contributed by atoms with van der Waals surface area (Å²) in [5.41, 5.74) is 1.16. The van der Waals surface area contributed by atoms with Gasteiger partial charge in [0, 0.05) is 16.8 Å². The van der Waals surface area contributed by atoms with Crippen LogP contribution in [0.15, 0.2) is 48.7 Å². The molecule has 2 nitrogen and oxygen atoms in total. The summed E-state index contributed by atoms with van der Waals surface area (Å²) in [5.74, 6) is 0. The Bertz CT molecular complexity index is 688. The Kier molecular flexibility index (Phi) is 3.47. The second-order valence-corrected chi connectivity index (χ2v) is 5.69. The van der Waals surface area contributed by atoms with Gasteiger partial charge in [-0.2, -0.15) is 0 Å². The first kappa shape index (κ1) is 12.2. The highest BCUT2D eigenvalue weighted by Gasteiger charge is 2.00. The second-order valence-electron chi connectivity index (χ2n) is 4.49. The van der Waals surface area contributed by atoms with Gasteiger partial charge in [0.15, 0.2) is 0 Å². The number of nitrogens with one attached hydrogen (secondary N) is 1. The molecule has 1 aromatic heterocycles. The average molecular weight is 268 g/mol. The Morgan fingerprint density at radius 3 is 2.74 bits per heavy atom. The SMILES string of the molecule is CCc1ncc(CNc2ccc3ccccc3c2)s1. The maximum atomic E-state index is 4.38. The summed E-state index contributed by atoms with van der Waals surface area (Å²) in [4.78, 5) is 5.66. The van der Waals surface area contributed by atoms with Crippen LogP contribution in [0, 0.1) is 0 Å². The molecule has 3 heteroatoms. The van der Waals surface area contributed by atoms with E-state index in [0.717, 1.165) is 18.7 Å². The van der Waals surface area contributed by atoms with Gasteiger partial charge in [-0.3, -0.25) is 0 Å². The van der Waals surface area contributed by atoms with E-state index in [1.54, 1.807) is 11.3 Å². The molecule has 0 aliphatic rings. The number of aryl methyl sites for hydroxylation is 1. The number of nitrogens with zero attached hydrogens (tertiary/aromatic N) is 1. The number of anilines is 1. The van der Waals surface area contributed by atoms with E-state index in [1.807, 2.05) is 6.20 Å². The molecule has 0 fully saturated rings. The lowest BCUT2D eigenvalue weighted by atomic mass is 10.1. The predicted molar refractivity (Wildman–Crippen MR) is 82.8 cm³/mol. The highest BCUT2D eigenvalue weighted by atomic mass is 32.1. The molecule has 3 aromatic rings. The summed E-state index contributed by atoms with van der Waals surface area (Å²) in [5, 5.41) is 7.21. The van der Waals surface area contributed by atoms with Gasteiger partial charge >= 0.3 is 0 Å². The Hall–Kier alpha value is -1.87. The van der Waals surface area contributed by atoms with E-state index in [-0.39, 0.29) is 0 Å². The van der Waals surface area contributed by atoms with Crippen LogP contribution in [-0.4, -0.2) is 4.98 Å². The van der Waals surface area contributed by atoms with Crippen LogP contribution in [0.4, 0.5) is 5.69 Å². The van der Waals surface area contributed by atoms with Crippen molar-refractivity contribution in [3.8, 4) is 0 Å². The lowest BCUT2D eigenvalue weighted by molar-refractivity contribution is 1.09. The molecule has 1 N–H and O–H groups in total. The number of aromatic nitrogens is 1. The van der Waals surface area contributed by atoms with Gasteiger partial charge in [0.25, 0.3) is 0 Å². The summed E-state index contributed by atoms with van der Waals surface area (Å²) in [6.45, 7) is 2.98. The molecular weight excluding hydrogens is 252 g/mol. The van der Waals surface area contributed by atoms with E-state index in [0.29, 0.717) is 0 Å². The third kappa shape index (κ3) is 2.76. The van der Waals surface area contributed by atoms with Crippen molar-refractivity contribution in [3.63, 3.8) is 0 Å². The van der Waals surface area contributed by atoms with E-state index in [2.05, 4.69) is 59.7 Å². The first-order valence-electron chi connectivity index (χ1n) is 6.51. The van der Waals surface area contributed by atoms with E-state index in [4.69, 9.17) is 0 Å². The minimum Gasteiger partial charge on any atom is -0.380 e. The van der Waals surface area contributed by atoms with Gasteiger partial charge in [-0.15, -0.1) is 11.3 Å². The van der Waals surface area contributed by atoms with Crippen LogP contribution < -0.4 is 5.32 Å². The molecule has 0 radical (unpaired) electrons. The molecule has 0 saturated carbocycles. The second kappa shape index (κ2) is 5.41. The van der Waals surface area contributed by atoms with Gasteiger partial charge in [0.05, 0.1) is 11.6 Å². The van der Waals surface area contributed by atoms with Crippen LogP contribution in [-0.2, 0) is 13.0 Å². The van der Waals surface area contributed by atoms with Crippen LogP contribution in [0.25, 0.3) is 10.8 Å². The number of hydrogen-bond donors (Lipinski definition) is 1. The fraction of sp³-hybridized carbons (Fsp3) is 0.188. The largest absolute Gasteiger partial charge is 0.380 e. The van der Waals surface area contributed by atoms with Gasteiger partial charge in [-0.1, -0.05) is 37.3 Å². The Morgan fingerprint density at radius 2 is 1.95 bits per heavy atom. The molecule has 0 spiro atoms. The Morgan fingerprint density at radius 1 is 1.11 bits per heavy atom. The van der Waals surface area contributed by atoms with Gasteiger partial charge < -0.3 is 5.32 Å². The minimum absolute atomic E-state index is 0.843. The highest BCUT2D eigenvalue weighted by molar-refractivity contribution is 7.11. The zero-order valence-electron chi connectivity index (χ0n) is 10.9. The monoisotopic (exact) mass is 268 g/mol. The number of benzene rings is 2. The first-order chi connectivity index (χ1) is 9.35. The van der Waals surface area contributed by atoms with Crippen LogP contribution in [0.2, 0.25) is 0 Å². The van der Waals surface area contributed by atoms with Crippen LogP contribution in [0.3, 0.4) is 0 Å². The van der Waals surface area contributed by atoms with Crippen molar-refractivity contribution < 1.29 is 0 Å². The molecule has 0 atom stereocenters. The summed E-state index contributed by atoms with van der Waals surface area (Å²) in [7, 11) is 0. The fourth-order valence-electron chi connectivity index (χ4n) is 2.08. The zero-order valence-corrected chi connectivity index (χ0v) is 11.7. The van der Waals surface area contributed by atoms with Crippen molar-refractivity contribution in [2.24, 2.45) is 0 Å². The van der Waals surface area contributed by atoms with Crippen molar-refractivity contribution in [1.82, 2.24) is 4.98 Å². The third-order valence-corrected chi connectivity index (χ3v) is 4.26. The van der Waals surface area contributed by atoms with Crippen molar-refractivity contribution >= 4 is 27.8 Å². The molecule has 0 aliphatic carbocycles. The first-order valence-corrected chi connectivity index (χ1v) is 7.33. The smallest absolute Gasteiger partial charge is 0.0925 e. The molecule has 19 heavy (non-hydrogen) atoms. The van der Waals surface area contributed by atoms with E-state index >= 15 is 0 Å². The summed E-state index contributed by atoms with van der Waals surface area (Å²) in [6, 6.07) is 14.9. The molecule has 2 aromatic carbocycles. The van der Waals surface area contributed by atoms with Crippen molar-refractivity contribution in [2.75, 3.05) is 5.32 Å². The van der Waals surface area contributed by atoms with Crippen molar-refractivity contribution in [3.05, 3.63) is 58.5 Å². The molecule has 0 unspecified atom stereocenters. The molecule has 1 heterocycles. The molecular formula is C16H16N2S. The quantitative estimate of drug-likeness (QED) is 0.755. The summed E-state index contributed by atoms with van der Waals surface area (Å²) >= 11 is 1.78. The maximum Gasteiger partial charge on any atom is 0.0925 e. The maximum absolute atomic E-state index is 4.38. The van der Waals surface area contributed by atoms with E-state index in [1.165, 1.54) is 20.7 Å². The van der Waals surface area contributed by atoms with E-state index in [9.17, 15) is 0 Å². The fourth-order valence-corrected chi connectivity index (χ4v) is 2.88. The molecule has 0 bridgehead atoms. The summed E-state index contributed by atoms with van der Waals surface area (Å²) in [6.07, 6.45) is 2.98. The number of thiazole rings is 1. The Labute approximate surface area is 117 Å². The van der Waals surface area contributed by atoms with Crippen LogP contribution in [0.5, 0.6) is 0 Å². The van der Waals surface area contributed by atoms with Crippen molar-refractivity contribution in [2.45, 2.75) is 19.9 Å². The van der Waals surface area contributed by atoms with E-state index < -0.39 is 0 Å². The average Bonchev–Trinajstić information content (AvgIpc) is 2.93. The standard InChI is InChI=1S/C16H16N2S/c1-2-16-18-11-15(19-16)10-17-14-8-7-12-5-3-4-6-13(12)9-14/h3-9,11,17H,2,10H2,1H3. The third-order valence-electron chi connectivity index (χ3n) is 3.12. The zero-order chi connectivity index (χ0) is 13.1. The molecule has 0 saturated heterocycles. The summed E-state index contributed by atoms with van der Waals surface area (Å²) < 4.78 is 0. The normalized spacial score (nSPS) is 10.8. The Balaban J connectivity index is 1.74. The highest BCUT2D eigenvalue weighted by Crippen LogP contribution is 2.20. The lowest BCUT2D eigenvalue weighted by Crippen LogP contribution is -1.96. The number of fused-ring (bicyclic) bond motifs is 1. The van der Waals surface area contributed by atoms with Gasteiger partial charge in [0.1, 0.15) is 0 Å². The topological polar surface area (TPSA) is 24.9 Å². The van der Waals surface area contributed by atoms with Crippen LogP contribution in [0.1, 0.15) is 16.8 Å². The molecule has 0 aliphatic heterocycles. The van der Waals surface area contributed by atoms with Gasteiger partial charge in [0.2, 0.25) is 0 Å². The van der Waals surface area contributed by atoms with Gasteiger partial charge in [-0.25, -0.2) is 4.98 Å². The van der Waals surface area contributed by atoms with Gasteiger partial charge in [-0.05, 0) is 29.3 Å². The molecule has 96 valence electrons. The number of rotatable bonds is 4. The van der Waals surface area contributed by atoms with Crippen molar-refractivity contribution in [1.29, 1.82) is 0 Å². The molecule has 3 rings (SSSR count). The number of hydrogen-bond acceptors (Lipinski definition) is 3. The molecule has 0 amide bonds. The minimum atomic E-state index is 0.843.